The zero-order valence-electron chi connectivity index (χ0n) is 17.8. The van der Waals surface area contributed by atoms with Crippen LogP contribution in [0.3, 0.4) is 0 Å². The van der Waals surface area contributed by atoms with Crippen LogP contribution in [-0.2, 0) is 0 Å². The smallest absolute Gasteiger partial charge is 0.243 e. The van der Waals surface area contributed by atoms with Gasteiger partial charge in [-0.2, -0.15) is 0 Å². The van der Waals surface area contributed by atoms with Gasteiger partial charge in [-0.3, -0.25) is 41.0 Å². The highest BCUT2D eigenvalue weighted by Gasteiger charge is 2.55. The SMILES string of the molecule is O=[N+]([O-])C1C2CCC(N2)C2CCC(N2)C([N+](=O)[O-])C2CCC(N2)C([N+](=O)[O-])C2CCC1N2. The van der Waals surface area contributed by atoms with Crippen LogP contribution < -0.4 is 21.3 Å². The molecule has 0 aromatic rings. The van der Waals surface area contributed by atoms with E-state index in [1.165, 1.54) is 0 Å². The molecule has 0 spiro atoms. The molecule has 10 atom stereocenters. The fourth-order valence-electron chi connectivity index (χ4n) is 7.18. The zero-order chi connectivity index (χ0) is 22.6. The van der Waals surface area contributed by atoms with E-state index in [9.17, 15) is 30.3 Å². The van der Waals surface area contributed by atoms with Gasteiger partial charge in [-0.15, -0.1) is 0 Å². The Morgan fingerprint density at radius 1 is 0.406 bits per heavy atom. The van der Waals surface area contributed by atoms with E-state index in [4.69, 9.17) is 0 Å². The average molecular weight is 454 g/mol. The van der Waals surface area contributed by atoms with Crippen molar-refractivity contribution < 1.29 is 14.8 Å². The van der Waals surface area contributed by atoms with Gasteiger partial charge in [0.15, 0.2) is 0 Å². The topological polar surface area (TPSA) is 178 Å². The quantitative estimate of drug-likeness (QED) is 0.319. The summed E-state index contributed by atoms with van der Waals surface area (Å²) in [6, 6.07) is -5.04. The molecule has 5 aliphatic rings. The normalized spacial score (nSPS) is 48.2. The Bertz CT molecular complexity index is 729. The van der Waals surface area contributed by atoms with Gasteiger partial charge in [-0.05, 0) is 51.4 Å². The van der Waals surface area contributed by atoms with Crippen LogP contribution in [0.1, 0.15) is 51.4 Å². The van der Waals surface area contributed by atoms with E-state index in [2.05, 4.69) is 21.3 Å². The fourth-order valence-corrected chi connectivity index (χ4v) is 7.18. The van der Waals surface area contributed by atoms with Crippen molar-refractivity contribution in [1.29, 1.82) is 0 Å². The van der Waals surface area contributed by atoms with Crippen LogP contribution in [0.4, 0.5) is 0 Å². The highest BCUT2D eigenvalue weighted by atomic mass is 16.6. The summed E-state index contributed by atoms with van der Waals surface area (Å²) in [4.78, 5) is 35.3. The van der Waals surface area contributed by atoms with Crippen molar-refractivity contribution in [3.05, 3.63) is 30.3 Å². The molecule has 0 aromatic carbocycles. The summed E-state index contributed by atoms with van der Waals surface area (Å²) in [5.41, 5.74) is 0. The largest absolute Gasteiger partial charge is 0.304 e. The lowest BCUT2D eigenvalue weighted by atomic mass is 9.96. The van der Waals surface area contributed by atoms with Crippen LogP contribution in [0.15, 0.2) is 0 Å². The highest BCUT2D eigenvalue weighted by Crippen LogP contribution is 2.33. The summed E-state index contributed by atoms with van der Waals surface area (Å²) in [5, 5.41) is 49.5. The van der Waals surface area contributed by atoms with E-state index in [1.54, 1.807) is 0 Å². The van der Waals surface area contributed by atoms with E-state index >= 15 is 0 Å². The number of nitrogens with zero attached hydrogens (tertiary/aromatic N) is 3. The van der Waals surface area contributed by atoms with Crippen molar-refractivity contribution in [2.75, 3.05) is 0 Å². The summed E-state index contributed by atoms with van der Waals surface area (Å²) in [7, 11) is 0. The second-order valence-corrected chi connectivity index (χ2v) is 10.2. The first kappa shape index (κ1) is 21.9. The molecule has 32 heavy (non-hydrogen) atoms. The molecule has 13 heteroatoms. The third-order valence-electron chi connectivity index (χ3n) is 8.56. The lowest BCUT2D eigenvalue weighted by Crippen LogP contribution is -2.58. The Morgan fingerprint density at radius 3 is 0.812 bits per heavy atom. The summed E-state index contributed by atoms with van der Waals surface area (Å²) in [5.74, 6) is 0. The number of fused-ring (bicyclic) bond motifs is 9. The maximum Gasteiger partial charge on any atom is 0.243 e. The van der Waals surface area contributed by atoms with Gasteiger partial charge in [-0.25, -0.2) is 0 Å². The minimum atomic E-state index is -0.969. The van der Waals surface area contributed by atoms with Crippen molar-refractivity contribution in [1.82, 2.24) is 21.3 Å². The van der Waals surface area contributed by atoms with Gasteiger partial charge in [0, 0.05) is 26.9 Å². The molecule has 5 heterocycles. The molecule has 5 rings (SSSR count). The predicted octanol–water partition coefficient (Wildman–Crippen LogP) is -0.582. The van der Waals surface area contributed by atoms with Crippen molar-refractivity contribution in [2.45, 2.75) is 118 Å². The number of hydrogen-bond acceptors (Lipinski definition) is 10. The van der Waals surface area contributed by atoms with E-state index in [0.717, 1.165) is 12.8 Å². The average Bonchev–Trinajstić information content (AvgIpc) is 3.49. The molecular formula is C19H31N7O6. The molecule has 0 aliphatic carbocycles. The van der Waals surface area contributed by atoms with Crippen LogP contribution >= 0.6 is 0 Å². The van der Waals surface area contributed by atoms with Gasteiger partial charge in [0.2, 0.25) is 18.1 Å². The summed E-state index contributed by atoms with van der Waals surface area (Å²) in [6.45, 7) is 0. The lowest BCUT2D eigenvalue weighted by molar-refractivity contribution is -0.537. The molecule has 5 fully saturated rings. The molecule has 5 saturated heterocycles. The fraction of sp³-hybridized carbons (Fsp3) is 1.00. The molecule has 8 bridgehead atoms. The van der Waals surface area contributed by atoms with Crippen molar-refractivity contribution in [3.63, 3.8) is 0 Å². The molecule has 0 saturated carbocycles. The van der Waals surface area contributed by atoms with E-state index in [-0.39, 0.29) is 38.9 Å². The maximum absolute atomic E-state index is 12.0. The van der Waals surface area contributed by atoms with Crippen LogP contribution in [-0.4, -0.2) is 81.2 Å². The highest BCUT2D eigenvalue weighted by molar-refractivity contribution is 5.07. The standard InChI is InChI=1S/C19H31N7O6/c27-24(28)17-11-3-1-9(20-11)10-2-4-12(21-10)18(25(29)30)14-6-8-16(23-14)19(26(31)32)15-7-5-13(17)22-15/h9-23H,1-8H2. The maximum atomic E-state index is 12.0. The van der Waals surface area contributed by atoms with Crippen LogP contribution in [0.5, 0.6) is 0 Å². The minimum Gasteiger partial charge on any atom is -0.304 e. The second-order valence-electron chi connectivity index (χ2n) is 10.2. The van der Waals surface area contributed by atoms with Crippen LogP contribution in [0.2, 0.25) is 0 Å². The first-order chi connectivity index (χ1) is 15.3. The molecule has 13 nitrogen and oxygen atoms in total. The number of nitro groups is 3. The lowest BCUT2D eigenvalue weighted by Gasteiger charge is -2.26. The third-order valence-corrected chi connectivity index (χ3v) is 8.56. The Balaban J connectivity index is 1.47. The van der Waals surface area contributed by atoms with Crippen molar-refractivity contribution in [3.8, 4) is 0 Å². The minimum absolute atomic E-state index is 0.0398. The molecular weight excluding hydrogens is 422 g/mol. The molecule has 0 amide bonds. The van der Waals surface area contributed by atoms with Crippen molar-refractivity contribution >= 4 is 0 Å². The first-order valence-electron chi connectivity index (χ1n) is 11.8. The first-order valence-corrected chi connectivity index (χ1v) is 11.8. The Kier molecular flexibility index (Phi) is 5.76. The summed E-state index contributed by atoms with van der Waals surface area (Å²) in [6.07, 6.45) is 4.89. The Morgan fingerprint density at radius 2 is 0.594 bits per heavy atom. The van der Waals surface area contributed by atoms with Gasteiger partial charge in [0.05, 0.1) is 36.3 Å². The molecule has 0 aromatic heterocycles. The molecule has 10 unspecified atom stereocenters. The molecule has 0 radical (unpaired) electrons. The molecule has 4 N–H and O–H groups in total. The van der Waals surface area contributed by atoms with Crippen LogP contribution in [0, 0.1) is 30.3 Å². The van der Waals surface area contributed by atoms with Gasteiger partial charge in [0.25, 0.3) is 0 Å². The second kappa shape index (κ2) is 8.43. The van der Waals surface area contributed by atoms with E-state index < -0.39 is 42.3 Å². The van der Waals surface area contributed by atoms with Gasteiger partial charge < -0.3 is 10.6 Å². The molecule has 178 valence electrons. The Hall–Kier alpha value is -1.96. The van der Waals surface area contributed by atoms with E-state index in [0.29, 0.717) is 38.5 Å². The Labute approximate surface area is 184 Å². The number of hydrogen-bond donors (Lipinski definition) is 4. The monoisotopic (exact) mass is 453 g/mol. The third kappa shape index (κ3) is 3.74. The summed E-state index contributed by atoms with van der Waals surface area (Å²) < 4.78 is 0. The van der Waals surface area contributed by atoms with Crippen LogP contribution in [0.25, 0.3) is 0 Å². The van der Waals surface area contributed by atoms with Gasteiger partial charge in [-0.1, -0.05) is 0 Å². The summed E-state index contributed by atoms with van der Waals surface area (Å²) >= 11 is 0. The molecule has 5 aliphatic heterocycles. The zero-order valence-corrected chi connectivity index (χ0v) is 17.8. The number of rotatable bonds is 3. The predicted molar refractivity (Wildman–Crippen MR) is 112 cm³/mol. The van der Waals surface area contributed by atoms with Gasteiger partial charge >= 0.3 is 0 Å². The van der Waals surface area contributed by atoms with Gasteiger partial charge in [0.1, 0.15) is 0 Å². The van der Waals surface area contributed by atoms with E-state index in [1.807, 2.05) is 0 Å². The van der Waals surface area contributed by atoms with Crippen molar-refractivity contribution in [2.24, 2.45) is 0 Å². The number of nitrogens with one attached hydrogen (secondary N) is 4.